The summed E-state index contributed by atoms with van der Waals surface area (Å²) in [4.78, 5) is 12.2. The van der Waals surface area contributed by atoms with Crippen molar-refractivity contribution >= 4 is 18.0 Å². The number of carbonyl (C=O) groups is 1. The van der Waals surface area contributed by atoms with Gasteiger partial charge in [0.2, 0.25) is 0 Å². The molecule has 0 aromatic heterocycles. The van der Waals surface area contributed by atoms with E-state index in [-0.39, 0.29) is 5.41 Å². The van der Waals surface area contributed by atoms with Crippen LogP contribution in [0.15, 0.2) is 0 Å². The van der Waals surface area contributed by atoms with Crippen LogP contribution in [-0.2, 0) is 18.9 Å². The van der Waals surface area contributed by atoms with Crippen molar-refractivity contribution in [3.8, 4) is 0 Å². The first-order valence-electron chi connectivity index (χ1n) is 7.81. The quantitative estimate of drug-likeness (QED) is 0.335. The smallest absolute Gasteiger partial charge is 0.324 e. The molecule has 0 aromatic rings. The van der Waals surface area contributed by atoms with E-state index in [1.54, 1.807) is 13.8 Å². The zero-order valence-corrected chi connectivity index (χ0v) is 13.9. The van der Waals surface area contributed by atoms with Crippen molar-refractivity contribution in [1.82, 2.24) is 0 Å². The van der Waals surface area contributed by atoms with Crippen LogP contribution in [0.3, 0.4) is 0 Å². The summed E-state index contributed by atoms with van der Waals surface area (Å²) in [5.41, 5.74) is -0.613. The van der Waals surface area contributed by atoms with Gasteiger partial charge in [-0.3, -0.25) is 4.79 Å². The van der Waals surface area contributed by atoms with Gasteiger partial charge in [-0.05, 0) is 64.2 Å². The van der Waals surface area contributed by atoms with E-state index < -0.39 is 16.3 Å². The fraction of sp³-hybridized carbons (Fsp3) is 0.933. The molecule has 2 atom stereocenters. The maximum absolute atomic E-state index is 12.2. The Kier molecular flexibility index (Phi) is 4.23. The maximum Gasteiger partial charge on any atom is 0.324 e. The van der Waals surface area contributed by atoms with E-state index in [0.717, 1.165) is 32.1 Å². The summed E-state index contributed by atoms with van der Waals surface area (Å²) < 4.78 is 8.94. The summed E-state index contributed by atoms with van der Waals surface area (Å²) in [7, 11) is 0. The van der Waals surface area contributed by atoms with Crippen LogP contribution in [0.1, 0.15) is 52.4 Å². The van der Waals surface area contributed by atoms with E-state index in [0.29, 0.717) is 30.5 Å². The first-order valence-corrected chi connectivity index (χ1v) is 8.56. The maximum atomic E-state index is 12.2. The molecule has 0 aliphatic heterocycles. The monoisotopic (exact) mass is 332 g/mol. The summed E-state index contributed by atoms with van der Waals surface area (Å²) in [6, 6.07) is 0. The molecule has 2 unspecified atom stereocenters. The van der Waals surface area contributed by atoms with Crippen molar-refractivity contribution in [3.05, 3.63) is 0 Å². The van der Waals surface area contributed by atoms with Crippen molar-refractivity contribution in [2.45, 2.75) is 62.7 Å². The van der Waals surface area contributed by atoms with Crippen LogP contribution >= 0.6 is 12.0 Å². The third-order valence-electron chi connectivity index (χ3n) is 5.43. The second kappa shape index (κ2) is 5.63. The number of hydrogen-bond donors (Lipinski definition) is 2. The lowest BCUT2D eigenvalue weighted by molar-refractivity contribution is -0.432. The summed E-state index contributed by atoms with van der Waals surface area (Å²) >= 11 is 0.707. The second-order valence-electron chi connectivity index (χ2n) is 8.00. The van der Waals surface area contributed by atoms with Crippen LogP contribution in [0.5, 0.6) is 0 Å². The van der Waals surface area contributed by atoms with Crippen LogP contribution in [0.2, 0.25) is 0 Å². The summed E-state index contributed by atoms with van der Waals surface area (Å²) in [6.45, 7) is 3.64. The van der Waals surface area contributed by atoms with Gasteiger partial charge in [0.05, 0.1) is 24.3 Å². The van der Waals surface area contributed by atoms with Gasteiger partial charge in [-0.15, -0.1) is 4.33 Å². The van der Waals surface area contributed by atoms with Gasteiger partial charge in [0.25, 0.3) is 0 Å². The Morgan fingerprint density at radius 2 is 1.91 bits per heavy atom. The van der Waals surface area contributed by atoms with Crippen LogP contribution in [0, 0.1) is 17.3 Å². The second-order valence-corrected chi connectivity index (χ2v) is 9.32. The lowest BCUT2D eigenvalue weighted by Crippen LogP contribution is -2.57. The minimum absolute atomic E-state index is 0.0659. The summed E-state index contributed by atoms with van der Waals surface area (Å²) in [6.07, 6.45) is 5.85. The van der Waals surface area contributed by atoms with Crippen molar-refractivity contribution in [1.29, 1.82) is 0 Å². The normalized spacial score (nSPS) is 40.0. The van der Waals surface area contributed by atoms with Crippen LogP contribution < -0.4 is 0 Å². The molecule has 4 saturated carbocycles. The lowest BCUT2D eigenvalue weighted by atomic mass is 9.48. The minimum Gasteiger partial charge on any atom is -0.464 e. The van der Waals surface area contributed by atoms with Crippen LogP contribution in [-0.4, -0.2) is 33.3 Å². The number of carbonyl (C=O) groups excluding carboxylic acids is 1. The Balaban J connectivity index is 1.60. The molecular formula is C15H24O6S. The molecule has 0 amide bonds. The van der Waals surface area contributed by atoms with E-state index in [1.165, 1.54) is 6.42 Å². The molecule has 22 heavy (non-hydrogen) atoms. The molecule has 0 aromatic carbocycles. The van der Waals surface area contributed by atoms with E-state index >= 15 is 0 Å². The molecule has 2 N–H and O–H groups in total. The Morgan fingerprint density at radius 1 is 1.27 bits per heavy atom. The topological polar surface area (TPSA) is 85.2 Å². The number of ether oxygens (including phenoxy) is 1. The van der Waals surface area contributed by atoms with E-state index in [9.17, 15) is 9.90 Å². The van der Waals surface area contributed by atoms with Crippen molar-refractivity contribution in [2.75, 3.05) is 6.61 Å². The van der Waals surface area contributed by atoms with Gasteiger partial charge in [-0.2, -0.15) is 0 Å². The highest BCUT2D eigenvalue weighted by atomic mass is 32.2. The molecular weight excluding hydrogens is 308 g/mol. The third-order valence-corrected chi connectivity index (χ3v) is 6.14. The van der Waals surface area contributed by atoms with Crippen molar-refractivity contribution < 1.29 is 29.3 Å². The summed E-state index contributed by atoms with van der Waals surface area (Å²) in [5.74, 6) is 0.731. The fourth-order valence-electron chi connectivity index (χ4n) is 5.10. The Hall–Kier alpha value is -0.340. The summed E-state index contributed by atoms with van der Waals surface area (Å²) in [5, 5.41) is 22.4. The van der Waals surface area contributed by atoms with E-state index in [2.05, 4.69) is 9.37 Å². The van der Waals surface area contributed by atoms with Gasteiger partial charge >= 0.3 is 5.97 Å². The zero-order valence-electron chi connectivity index (χ0n) is 13.0. The number of hydrogen-bond acceptors (Lipinski definition) is 7. The molecule has 7 heteroatoms. The largest absolute Gasteiger partial charge is 0.464 e. The van der Waals surface area contributed by atoms with Gasteiger partial charge in [0.15, 0.2) is 0 Å². The third kappa shape index (κ3) is 3.14. The molecule has 126 valence electrons. The molecule has 0 saturated heterocycles. The van der Waals surface area contributed by atoms with Crippen molar-refractivity contribution in [2.24, 2.45) is 17.3 Å². The standard InChI is InChI=1S/C15H24O6S/c1-13(2,22-21-20-18)12(16)19-9-14-4-10-3-11(5-14)7-15(17,6-10)8-14/h10-11,17-18H,3-9H2,1-2H3. The molecule has 0 spiro atoms. The van der Waals surface area contributed by atoms with Gasteiger partial charge in [-0.1, -0.05) is 5.04 Å². The SMILES string of the molecule is CC(C)(SOOO)C(=O)OCC12CC3CC(CC(O)(C3)C1)C2. The Bertz CT molecular complexity index is 437. The molecule has 4 bridgehead atoms. The molecule has 0 radical (unpaired) electrons. The van der Waals surface area contributed by atoms with E-state index in [1.807, 2.05) is 0 Å². The zero-order chi connectivity index (χ0) is 16.0. The van der Waals surface area contributed by atoms with Crippen LogP contribution in [0.4, 0.5) is 0 Å². The van der Waals surface area contributed by atoms with Crippen LogP contribution in [0.25, 0.3) is 0 Å². The lowest BCUT2D eigenvalue weighted by Gasteiger charge is -2.59. The minimum atomic E-state index is -0.970. The molecule has 4 aliphatic carbocycles. The molecule has 4 rings (SSSR count). The average Bonchev–Trinajstić information content (AvgIpc) is 2.40. The number of aliphatic hydroxyl groups is 1. The average molecular weight is 332 g/mol. The van der Waals surface area contributed by atoms with Gasteiger partial charge in [0.1, 0.15) is 4.75 Å². The highest BCUT2D eigenvalue weighted by molar-refractivity contribution is 7.96. The molecule has 4 fully saturated rings. The Labute approximate surface area is 134 Å². The number of rotatable bonds is 6. The molecule has 4 aliphatic rings. The van der Waals surface area contributed by atoms with Gasteiger partial charge in [0, 0.05) is 5.41 Å². The van der Waals surface area contributed by atoms with Gasteiger partial charge in [-0.25, -0.2) is 5.26 Å². The van der Waals surface area contributed by atoms with Crippen molar-refractivity contribution in [3.63, 3.8) is 0 Å². The molecule has 0 heterocycles. The van der Waals surface area contributed by atoms with E-state index in [4.69, 9.17) is 9.99 Å². The van der Waals surface area contributed by atoms with Gasteiger partial charge < -0.3 is 9.84 Å². The first-order chi connectivity index (χ1) is 10.3. The Morgan fingerprint density at radius 3 is 2.45 bits per heavy atom. The predicted octanol–water partition coefficient (Wildman–Crippen LogP) is 2.71. The molecule has 6 nitrogen and oxygen atoms in total. The highest BCUT2D eigenvalue weighted by Crippen LogP contribution is 2.61. The fourth-order valence-corrected chi connectivity index (χ4v) is 5.43. The highest BCUT2D eigenvalue weighted by Gasteiger charge is 2.57. The predicted molar refractivity (Wildman–Crippen MR) is 79.5 cm³/mol. The first kappa shape index (κ1) is 16.5. The number of esters is 1.